The number of nitrogens with zero attached hydrogens (tertiary/aromatic N) is 1. The van der Waals surface area contributed by atoms with Gasteiger partial charge in [-0.15, -0.1) is 0 Å². The second-order valence-electron chi connectivity index (χ2n) is 8.74. The van der Waals surface area contributed by atoms with Gasteiger partial charge in [-0.3, -0.25) is 19.2 Å². The summed E-state index contributed by atoms with van der Waals surface area (Å²) in [5.74, 6) is -3.86. The van der Waals surface area contributed by atoms with E-state index in [-0.39, 0.29) is 24.7 Å². The minimum atomic E-state index is -1.12. The fraction of sp³-hybridized carbons (Fsp3) is 0.762. The van der Waals surface area contributed by atoms with Crippen LogP contribution < -0.4 is 22.1 Å². The van der Waals surface area contributed by atoms with E-state index in [0.717, 1.165) is 0 Å². The first kappa shape index (κ1) is 27.3. The first-order valence-corrected chi connectivity index (χ1v) is 11.1. The zero-order chi connectivity index (χ0) is 24.6. The number of hydrogen-bond acceptors (Lipinski definition) is 6. The number of carboxylic acids is 1. The van der Waals surface area contributed by atoms with Gasteiger partial charge in [0.15, 0.2) is 0 Å². The molecule has 0 aromatic rings. The molecule has 7 N–H and O–H groups in total. The van der Waals surface area contributed by atoms with Crippen molar-refractivity contribution in [1.29, 1.82) is 0 Å². The molecule has 182 valence electrons. The largest absolute Gasteiger partial charge is 0.480 e. The van der Waals surface area contributed by atoms with Crippen molar-refractivity contribution < 1.29 is 29.1 Å². The Bertz CT molecular complexity index is 713. The van der Waals surface area contributed by atoms with Crippen molar-refractivity contribution in [3.05, 3.63) is 0 Å². The van der Waals surface area contributed by atoms with E-state index < -0.39 is 53.8 Å². The number of hydrogen-bond donors (Lipinski definition) is 5. The molecule has 11 nitrogen and oxygen atoms in total. The van der Waals surface area contributed by atoms with Crippen LogP contribution in [0.2, 0.25) is 0 Å². The molecule has 1 heterocycles. The first-order chi connectivity index (χ1) is 14.9. The summed E-state index contributed by atoms with van der Waals surface area (Å²) >= 11 is 0. The Kier molecular flexibility index (Phi) is 10.6. The van der Waals surface area contributed by atoms with Crippen molar-refractivity contribution in [2.24, 2.45) is 23.3 Å². The number of carboxylic acid groups (broad SMARTS) is 1. The van der Waals surface area contributed by atoms with Crippen LogP contribution in [0.3, 0.4) is 0 Å². The molecule has 0 spiro atoms. The van der Waals surface area contributed by atoms with Crippen LogP contribution in [0.5, 0.6) is 0 Å². The van der Waals surface area contributed by atoms with Crippen LogP contribution in [0.15, 0.2) is 0 Å². The van der Waals surface area contributed by atoms with E-state index in [1.165, 1.54) is 4.90 Å². The number of carbonyl (C=O) groups is 5. The standard InChI is InChI=1S/C21H37N5O6/c1-5-12(4)17(20(30)26-10-6-7-14(26)21(31)32)25-18(28)13(8-9-15(22)27)24-19(29)16(23)11(2)3/h11-14,16-17H,5-10,23H2,1-4H3,(H2,22,27)(H,24,29)(H,25,28)(H,31,32). The molecule has 0 radical (unpaired) electrons. The molecular formula is C21H37N5O6. The molecule has 5 atom stereocenters. The van der Waals surface area contributed by atoms with Crippen LogP contribution in [0.25, 0.3) is 0 Å². The third-order valence-corrected chi connectivity index (χ3v) is 5.93. The zero-order valence-corrected chi connectivity index (χ0v) is 19.3. The predicted molar refractivity (Wildman–Crippen MR) is 117 cm³/mol. The molecule has 1 aliphatic rings. The van der Waals surface area contributed by atoms with Crippen LogP contribution >= 0.6 is 0 Å². The summed E-state index contributed by atoms with van der Waals surface area (Å²) in [5, 5.41) is 14.6. The minimum absolute atomic E-state index is 0.0550. The van der Waals surface area contributed by atoms with Gasteiger partial charge in [-0.05, 0) is 31.1 Å². The predicted octanol–water partition coefficient (Wildman–Crippen LogP) is -0.673. The average molecular weight is 456 g/mol. The molecule has 5 unspecified atom stereocenters. The second kappa shape index (κ2) is 12.4. The maximum atomic E-state index is 13.2. The Morgan fingerprint density at radius 1 is 1.09 bits per heavy atom. The van der Waals surface area contributed by atoms with E-state index in [1.54, 1.807) is 20.8 Å². The van der Waals surface area contributed by atoms with Gasteiger partial charge in [-0.25, -0.2) is 4.79 Å². The van der Waals surface area contributed by atoms with Gasteiger partial charge in [0.05, 0.1) is 6.04 Å². The highest BCUT2D eigenvalue weighted by Gasteiger charge is 2.40. The molecule has 0 aliphatic carbocycles. The Hall–Kier alpha value is -2.69. The van der Waals surface area contributed by atoms with Crippen LogP contribution in [-0.2, 0) is 24.0 Å². The quantitative estimate of drug-likeness (QED) is 0.258. The van der Waals surface area contributed by atoms with E-state index in [4.69, 9.17) is 11.5 Å². The van der Waals surface area contributed by atoms with E-state index >= 15 is 0 Å². The molecule has 11 heteroatoms. The Morgan fingerprint density at radius 3 is 2.22 bits per heavy atom. The van der Waals surface area contributed by atoms with Crippen molar-refractivity contribution in [3.63, 3.8) is 0 Å². The van der Waals surface area contributed by atoms with Crippen molar-refractivity contribution in [1.82, 2.24) is 15.5 Å². The van der Waals surface area contributed by atoms with Crippen LogP contribution in [0, 0.1) is 11.8 Å². The molecule has 0 aromatic heterocycles. The minimum Gasteiger partial charge on any atom is -0.480 e. The van der Waals surface area contributed by atoms with Gasteiger partial charge in [0, 0.05) is 13.0 Å². The summed E-state index contributed by atoms with van der Waals surface area (Å²) < 4.78 is 0. The van der Waals surface area contributed by atoms with Crippen molar-refractivity contribution in [2.45, 2.75) is 84.0 Å². The molecule has 1 fully saturated rings. The van der Waals surface area contributed by atoms with E-state index in [2.05, 4.69) is 10.6 Å². The number of rotatable bonds is 12. The van der Waals surface area contributed by atoms with E-state index in [1.807, 2.05) is 6.92 Å². The number of aliphatic carboxylic acids is 1. The number of amides is 4. The summed E-state index contributed by atoms with van der Waals surface area (Å²) in [7, 11) is 0. The molecular weight excluding hydrogens is 418 g/mol. The number of likely N-dealkylation sites (tertiary alicyclic amines) is 1. The van der Waals surface area contributed by atoms with Crippen molar-refractivity contribution in [2.75, 3.05) is 6.54 Å². The lowest BCUT2D eigenvalue weighted by atomic mass is 9.96. The zero-order valence-electron chi connectivity index (χ0n) is 19.3. The van der Waals surface area contributed by atoms with Crippen LogP contribution in [0.4, 0.5) is 0 Å². The summed E-state index contributed by atoms with van der Waals surface area (Å²) in [6.07, 6.45) is 1.27. The third kappa shape index (κ3) is 7.47. The summed E-state index contributed by atoms with van der Waals surface area (Å²) in [6.45, 7) is 7.44. The number of primary amides is 1. The smallest absolute Gasteiger partial charge is 0.326 e. The normalized spacial score (nSPS) is 19.7. The lowest BCUT2D eigenvalue weighted by Crippen LogP contribution is -2.59. The van der Waals surface area contributed by atoms with E-state index in [9.17, 15) is 29.1 Å². The van der Waals surface area contributed by atoms with Gasteiger partial charge in [-0.1, -0.05) is 34.1 Å². The molecule has 1 saturated heterocycles. The number of nitrogens with two attached hydrogens (primary N) is 2. The fourth-order valence-corrected chi connectivity index (χ4v) is 3.53. The summed E-state index contributed by atoms with van der Waals surface area (Å²) in [6, 6.07) is -3.88. The van der Waals surface area contributed by atoms with Gasteiger partial charge < -0.3 is 32.1 Å². The van der Waals surface area contributed by atoms with Crippen molar-refractivity contribution in [3.8, 4) is 0 Å². The molecule has 0 bridgehead atoms. The van der Waals surface area contributed by atoms with Gasteiger partial charge in [-0.2, -0.15) is 0 Å². The summed E-state index contributed by atoms with van der Waals surface area (Å²) in [5.41, 5.74) is 11.1. The maximum absolute atomic E-state index is 13.2. The third-order valence-electron chi connectivity index (χ3n) is 5.93. The Labute approximate surface area is 188 Å². The molecule has 1 rings (SSSR count). The Balaban J connectivity index is 3.06. The van der Waals surface area contributed by atoms with Crippen LogP contribution in [0.1, 0.15) is 59.8 Å². The molecule has 0 aromatic carbocycles. The number of nitrogens with one attached hydrogen (secondary N) is 2. The lowest BCUT2D eigenvalue weighted by molar-refractivity contribution is -0.150. The molecule has 4 amide bonds. The highest BCUT2D eigenvalue weighted by atomic mass is 16.4. The topological polar surface area (TPSA) is 185 Å². The number of carbonyl (C=O) groups excluding carboxylic acids is 4. The van der Waals surface area contributed by atoms with Gasteiger partial charge in [0.25, 0.3) is 0 Å². The average Bonchev–Trinajstić information content (AvgIpc) is 3.23. The van der Waals surface area contributed by atoms with E-state index in [0.29, 0.717) is 25.8 Å². The molecule has 32 heavy (non-hydrogen) atoms. The maximum Gasteiger partial charge on any atom is 0.326 e. The molecule has 0 saturated carbocycles. The Morgan fingerprint density at radius 2 is 1.72 bits per heavy atom. The first-order valence-electron chi connectivity index (χ1n) is 11.1. The van der Waals surface area contributed by atoms with Gasteiger partial charge >= 0.3 is 5.97 Å². The SMILES string of the molecule is CCC(C)C(NC(=O)C(CCC(N)=O)NC(=O)C(N)C(C)C)C(=O)N1CCCC1C(=O)O. The second-order valence-corrected chi connectivity index (χ2v) is 8.74. The van der Waals surface area contributed by atoms with Gasteiger partial charge in [0.1, 0.15) is 18.1 Å². The highest BCUT2D eigenvalue weighted by Crippen LogP contribution is 2.21. The highest BCUT2D eigenvalue weighted by molar-refractivity contribution is 5.94. The van der Waals surface area contributed by atoms with Gasteiger partial charge in [0.2, 0.25) is 23.6 Å². The molecule has 1 aliphatic heterocycles. The monoisotopic (exact) mass is 455 g/mol. The summed E-state index contributed by atoms with van der Waals surface area (Å²) in [4.78, 5) is 62.7. The fourth-order valence-electron chi connectivity index (χ4n) is 3.53. The van der Waals surface area contributed by atoms with Crippen LogP contribution in [-0.4, -0.2) is 70.3 Å². The lowest BCUT2D eigenvalue weighted by Gasteiger charge is -2.31. The van der Waals surface area contributed by atoms with Crippen molar-refractivity contribution >= 4 is 29.6 Å².